The third-order valence-corrected chi connectivity index (χ3v) is 6.33. The van der Waals surface area contributed by atoms with Crippen LogP contribution in [0.3, 0.4) is 0 Å². The number of nitrogens with zero attached hydrogens (tertiary/aromatic N) is 2. The molecule has 150 valence electrons. The zero-order valence-corrected chi connectivity index (χ0v) is 18.1. The summed E-state index contributed by atoms with van der Waals surface area (Å²) in [6.07, 6.45) is 1.31. The van der Waals surface area contributed by atoms with E-state index in [9.17, 15) is 9.59 Å². The first-order valence-corrected chi connectivity index (χ1v) is 11.0. The predicted molar refractivity (Wildman–Crippen MR) is 114 cm³/mol. The maximum absolute atomic E-state index is 13.4. The predicted octanol–water partition coefficient (Wildman–Crippen LogP) is 4.43. The van der Waals surface area contributed by atoms with Gasteiger partial charge in [-0.2, -0.15) is 0 Å². The highest BCUT2D eigenvalue weighted by atomic mass is 32.1. The van der Waals surface area contributed by atoms with Crippen molar-refractivity contribution in [3.05, 3.63) is 57.3 Å². The Morgan fingerprint density at radius 3 is 2.64 bits per heavy atom. The van der Waals surface area contributed by atoms with Crippen LogP contribution in [0, 0.1) is 12.8 Å². The molecule has 1 aliphatic rings. The molecule has 0 bridgehead atoms. The van der Waals surface area contributed by atoms with Crippen molar-refractivity contribution in [2.75, 3.05) is 19.6 Å². The van der Waals surface area contributed by atoms with E-state index in [4.69, 9.17) is 0 Å². The molecular formula is C23H30N2O2S. The van der Waals surface area contributed by atoms with Gasteiger partial charge in [-0.1, -0.05) is 45.0 Å². The minimum absolute atomic E-state index is 0.0348. The average molecular weight is 399 g/mol. The van der Waals surface area contributed by atoms with Crippen LogP contribution in [0.15, 0.2) is 35.7 Å². The lowest BCUT2D eigenvalue weighted by molar-refractivity contribution is -0.142. The molecule has 2 aromatic rings. The van der Waals surface area contributed by atoms with Gasteiger partial charge >= 0.3 is 0 Å². The molecule has 28 heavy (non-hydrogen) atoms. The molecule has 3 rings (SSSR count). The molecule has 1 aromatic heterocycles. The fourth-order valence-electron chi connectivity index (χ4n) is 3.99. The van der Waals surface area contributed by atoms with E-state index in [1.807, 2.05) is 24.0 Å². The quantitative estimate of drug-likeness (QED) is 0.722. The van der Waals surface area contributed by atoms with E-state index < -0.39 is 0 Å². The van der Waals surface area contributed by atoms with Crippen molar-refractivity contribution in [2.45, 2.75) is 46.6 Å². The zero-order valence-electron chi connectivity index (χ0n) is 17.3. The van der Waals surface area contributed by atoms with Crippen LogP contribution in [0.2, 0.25) is 0 Å². The number of aryl methyl sites for hydroxylation is 1. The van der Waals surface area contributed by atoms with Crippen LogP contribution >= 0.6 is 11.3 Å². The number of carbonyl (C=O) groups excluding carboxylic acids is 2. The fraction of sp³-hybridized carbons (Fsp3) is 0.478. The van der Waals surface area contributed by atoms with Gasteiger partial charge in [0.05, 0.1) is 12.6 Å². The van der Waals surface area contributed by atoms with Crippen LogP contribution in [0.1, 0.15) is 54.8 Å². The molecule has 4 nitrogen and oxygen atoms in total. The number of thiophene rings is 1. The minimum atomic E-state index is -0.0682. The van der Waals surface area contributed by atoms with Crippen molar-refractivity contribution < 1.29 is 9.59 Å². The van der Waals surface area contributed by atoms with E-state index in [0.717, 1.165) is 6.42 Å². The Labute approximate surface area is 172 Å². The fourth-order valence-corrected chi connectivity index (χ4v) is 4.89. The molecule has 0 N–H and O–H groups in total. The van der Waals surface area contributed by atoms with Crippen LogP contribution in [0.5, 0.6) is 0 Å². The van der Waals surface area contributed by atoms with Gasteiger partial charge < -0.3 is 9.80 Å². The SMILES string of the molecule is CCC(=O)N(CC(=O)N1CCc2sccc2C1c1ccccc1C)CC(C)C. The number of hydrogen-bond acceptors (Lipinski definition) is 3. The maximum Gasteiger partial charge on any atom is 0.242 e. The Bertz CT molecular complexity index is 843. The summed E-state index contributed by atoms with van der Waals surface area (Å²) in [6.45, 7) is 9.59. The molecule has 0 radical (unpaired) electrons. The Hall–Kier alpha value is -2.14. The van der Waals surface area contributed by atoms with Gasteiger partial charge in [-0.25, -0.2) is 0 Å². The summed E-state index contributed by atoms with van der Waals surface area (Å²) in [6, 6.07) is 10.4. The first-order valence-electron chi connectivity index (χ1n) is 10.1. The van der Waals surface area contributed by atoms with Crippen LogP contribution < -0.4 is 0 Å². The van der Waals surface area contributed by atoms with Crippen molar-refractivity contribution in [1.29, 1.82) is 0 Å². The van der Waals surface area contributed by atoms with Gasteiger partial charge in [0.2, 0.25) is 11.8 Å². The highest BCUT2D eigenvalue weighted by molar-refractivity contribution is 7.10. The summed E-state index contributed by atoms with van der Waals surface area (Å²) in [7, 11) is 0. The Kier molecular flexibility index (Phi) is 6.55. The topological polar surface area (TPSA) is 40.6 Å². The molecule has 2 amide bonds. The normalized spacial score (nSPS) is 16.2. The van der Waals surface area contributed by atoms with E-state index in [2.05, 4.69) is 44.4 Å². The third kappa shape index (κ3) is 4.30. The summed E-state index contributed by atoms with van der Waals surface area (Å²) in [5.74, 6) is 0.413. The van der Waals surface area contributed by atoms with Crippen LogP contribution in [-0.4, -0.2) is 41.2 Å². The third-order valence-electron chi connectivity index (χ3n) is 5.34. The van der Waals surface area contributed by atoms with Gasteiger partial charge in [-0.3, -0.25) is 9.59 Å². The number of amides is 2. The van der Waals surface area contributed by atoms with E-state index in [1.54, 1.807) is 16.2 Å². The summed E-state index contributed by atoms with van der Waals surface area (Å²) >= 11 is 1.77. The van der Waals surface area contributed by atoms with Crippen LogP contribution in [0.25, 0.3) is 0 Å². The van der Waals surface area contributed by atoms with Crippen molar-refractivity contribution in [3.8, 4) is 0 Å². The molecule has 0 saturated heterocycles. The van der Waals surface area contributed by atoms with E-state index in [0.29, 0.717) is 25.4 Å². The maximum atomic E-state index is 13.4. The molecule has 0 fully saturated rings. The Balaban J connectivity index is 1.91. The van der Waals surface area contributed by atoms with Crippen molar-refractivity contribution in [3.63, 3.8) is 0 Å². The number of fused-ring (bicyclic) bond motifs is 1. The van der Waals surface area contributed by atoms with E-state index in [1.165, 1.54) is 21.6 Å². The second kappa shape index (κ2) is 8.91. The summed E-state index contributed by atoms with van der Waals surface area (Å²) in [5.41, 5.74) is 3.59. The van der Waals surface area contributed by atoms with Crippen LogP contribution in [-0.2, 0) is 16.0 Å². The van der Waals surface area contributed by atoms with Crippen molar-refractivity contribution >= 4 is 23.2 Å². The van der Waals surface area contributed by atoms with E-state index in [-0.39, 0.29) is 24.4 Å². The summed E-state index contributed by atoms with van der Waals surface area (Å²) in [4.78, 5) is 30.8. The highest BCUT2D eigenvalue weighted by Gasteiger charge is 2.34. The standard InChI is InChI=1S/C23H30N2O2S/c1-5-21(26)24(14-16(2)3)15-22(27)25-12-10-20-19(11-13-28-20)23(25)18-9-7-6-8-17(18)4/h6-9,11,13,16,23H,5,10,12,14-15H2,1-4H3. The molecule has 1 aliphatic heterocycles. The largest absolute Gasteiger partial charge is 0.333 e. The second-order valence-electron chi connectivity index (χ2n) is 7.92. The number of benzene rings is 1. The molecule has 2 heterocycles. The molecule has 1 aromatic carbocycles. The number of hydrogen-bond donors (Lipinski definition) is 0. The van der Waals surface area contributed by atoms with Gasteiger partial charge in [-0.05, 0) is 47.4 Å². The lowest BCUT2D eigenvalue weighted by Crippen LogP contribution is -2.47. The number of carbonyl (C=O) groups is 2. The highest BCUT2D eigenvalue weighted by Crippen LogP contribution is 2.39. The minimum Gasteiger partial charge on any atom is -0.333 e. The molecule has 0 spiro atoms. The second-order valence-corrected chi connectivity index (χ2v) is 8.92. The molecule has 1 atom stereocenters. The summed E-state index contributed by atoms with van der Waals surface area (Å²) < 4.78 is 0. The van der Waals surface area contributed by atoms with Gasteiger partial charge in [0.1, 0.15) is 0 Å². The first-order chi connectivity index (χ1) is 13.4. The molecule has 0 saturated carbocycles. The molecular weight excluding hydrogens is 368 g/mol. The molecule has 1 unspecified atom stereocenters. The lowest BCUT2D eigenvalue weighted by Gasteiger charge is -2.38. The Morgan fingerprint density at radius 1 is 1.21 bits per heavy atom. The van der Waals surface area contributed by atoms with Gasteiger partial charge in [-0.15, -0.1) is 11.3 Å². The van der Waals surface area contributed by atoms with Crippen LogP contribution in [0.4, 0.5) is 0 Å². The molecule has 0 aliphatic carbocycles. The van der Waals surface area contributed by atoms with Gasteiger partial charge in [0.15, 0.2) is 0 Å². The first kappa shape index (κ1) is 20.6. The average Bonchev–Trinajstić information content (AvgIpc) is 3.15. The van der Waals surface area contributed by atoms with Crippen molar-refractivity contribution in [2.24, 2.45) is 5.92 Å². The summed E-state index contributed by atoms with van der Waals surface area (Å²) in [5, 5.41) is 2.12. The smallest absolute Gasteiger partial charge is 0.242 e. The molecule has 5 heteroatoms. The van der Waals surface area contributed by atoms with E-state index >= 15 is 0 Å². The van der Waals surface area contributed by atoms with Crippen molar-refractivity contribution in [1.82, 2.24) is 9.80 Å². The monoisotopic (exact) mass is 398 g/mol. The van der Waals surface area contributed by atoms with Gasteiger partial charge in [0.25, 0.3) is 0 Å². The lowest BCUT2D eigenvalue weighted by atomic mass is 9.90. The van der Waals surface area contributed by atoms with Gasteiger partial charge in [0, 0.05) is 24.4 Å². The number of rotatable bonds is 6. The zero-order chi connectivity index (χ0) is 20.3. The Morgan fingerprint density at radius 2 is 1.96 bits per heavy atom.